The van der Waals surface area contributed by atoms with Crippen LogP contribution in [0, 0.1) is 3.57 Å². The minimum absolute atomic E-state index is 0.161. The van der Waals surface area contributed by atoms with Crippen molar-refractivity contribution in [2.75, 3.05) is 6.61 Å². The van der Waals surface area contributed by atoms with Crippen molar-refractivity contribution >= 4 is 33.5 Å². The molecule has 0 unspecified atom stereocenters. The average Bonchev–Trinajstić information content (AvgIpc) is 2.46. The van der Waals surface area contributed by atoms with E-state index in [1.54, 1.807) is 6.20 Å². The molecule has 0 spiro atoms. The Labute approximate surface area is 89.5 Å². The van der Waals surface area contributed by atoms with E-state index in [9.17, 15) is 0 Å². The molecule has 2 rings (SSSR count). The van der Waals surface area contributed by atoms with Gasteiger partial charge in [0, 0.05) is 27.9 Å². The van der Waals surface area contributed by atoms with Gasteiger partial charge in [0.05, 0.1) is 18.3 Å². The Morgan fingerprint density at radius 2 is 2.38 bits per heavy atom. The number of aliphatic hydroxyl groups is 1. The van der Waals surface area contributed by atoms with Crippen LogP contribution in [-0.4, -0.2) is 21.3 Å². The maximum atomic E-state index is 8.84. The molecule has 4 heteroatoms. The van der Waals surface area contributed by atoms with E-state index in [0.717, 1.165) is 5.52 Å². The SMILES string of the molecule is OCCn1cc(I)c2ccncc21. The van der Waals surface area contributed by atoms with Crippen molar-refractivity contribution in [2.24, 2.45) is 0 Å². The number of hydrogen-bond acceptors (Lipinski definition) is 2. The summed E-state index contributed by atoms with van der Waals surface area (Å²) in [6.07, 6.45) is 5.64. The number of aromatic nitrogens is 2. The van der Waals surface area contributed by atoms with Gasteiger partial charge in [-0.25, -0.2) is 0 Å². The maximum absolute atomic E-state index is 8.84. The van der Waals surface area contributed by atoms with Crippen LogP contribution in [0.4, 0.5) is 0 Å². The Morgan fingerprint density at radius 1 is 1.54 bits per heavy atom. The lowest BCUT2D eigenvalue weighted by Gasteiger charge is -1.99. The first kappa shape index (κ1) is 8.96. The number of nitrogens with zero attached hydrogens (tertiary/aromatic N) is 2. The molecule has 13 heavy (non-hydrogen) atoms. The zero-order chi connectivity index (χ0) is 9.26. The minimum atomic E-state index is 0.161. The molecule has 0 aromatic carbocycles. The van der Waals surface area contributed by atoms with Crippen LogP contribution in [0.3, 0.4) is 0 Å². The van der Waals surface area contributed by atoms with Crippen LogP contribution in [0.1, 0.15) is 0 Å². The van der Waals surface area contributed by atoms with Gasteiger partial charge in [-0.1, -0.05) is 0 Å². The number of hydrogen-bond donors (Lipinski definition) is 1. The molecule has 2 heterocycles. The normalized spacial score (nSPS) is 10.9. The predicted octanol–water partition coefficient (Wildman–Crippen LogP) is 1.63. The third-order valence-corrected chi connectivity index (χ3v) is 2.84. The first-order valence-electron chi connectivity index (χ1n) is 4.02. The zero-order valence-corrected chi connectivity index (χ0v) is 9.10. The van der Waals surface area contributed by atoms with Gasteiger partial charge in [0.1, 0.15) is 0 Å². The van der Waals surface area contributed by atoms with Crippen LogP contribution < -0.4 is 0 Å². The van der Waals surface area contributed by atoms with Gasteiger partial charge in [0.2, 0.25) is 0 Å². The maximum Gasteiger partial charge on any atom is 0.0678 e. The predicted molar refractivity (Wildman–Crippen MR) is 59.5 cm³/mol. The van der Waals surface area contributed by atoms with E-state index in [2.05, 4.69) is 27.6 Å². The van der Waals surface area contributed by atoms with E-state index in [1.807, 2.05) is 23.0 Å². The molecule has 0 amide bonds. The summed E-state index contributed by atoms with van der Waals surface area (Å²) in [6, 6.07) is 1.99. The number of pyridine rings is 1. The van der Waals surface area contributed by atoms with E-state index >= 15 is 0 Å². The number of rotatable bonds is 2. The molecule has 0 atom stereocenters. The first-order chi connectivity index (χ1) is 6.33. The van der Waals surface area contributed by atoms with Crippen LogP contribution in [0.5, 0.6) is 0 Å². The molecule has 2 aromatic rings. The van der Waals surface area contributed by atoms with Crippen molar-refractivity contribution in [3.63, 3.8) is 0 Å². The summed E-state index contributed by atoms with van der Waals surface area (Å²) in [5.41, 5.74) is 1.08. The second-order valence-corrected chi connectivity index (χ2v) is 3.95. The Hall–Kier alpha value is -0.620. The van der Waals surface area contributed by atoms with Gasteiger partial charge >= 0.3 is 0 Å². The largest absolute Gasteiger partial charge is 0.395 e. The molecule has 0 saturated heterocycles. The highest BCUT2D eigenvalue weighted by Crippen LogP contribution is 2.21. The van der Waals surface area contributed by atoms with Gasteiger partial charge in [-0.2, -0.15) is 0 Å². The highest BCUT2D eigenvalue weighted by molar-refractivity contribution is 14.1. The molecular formula is C9H9IN2O. The molecule has 0 saturated carbocycles. The molecule has 68 valence electrons. The van der Waals surface area contributed by atoms with Gasteiger partial charge in [0.25, 0.3) is 0 Å². The summed E-state index contributed by atoms with van der Waals surface area (Å²) >= 11 is 2.29. The summed E-state index contributed by atoms with van der Waals surface area (Å²) < 4.78 is 3.22. The van der Waals surface area contributed by atoms with Gasteiger partial charge in [-0.15, -0.1) is 0 Å². The first-order valence-corrected chi connectivity index (χ1v) is 5.10. The van der Waals surface area contributed by atoms with E-state index in [4.69, 9.17) is 5.11 Å². The van der Waals surface area contributed by atoms with E-state index in [-0.39, 0.29) is 6.61 Å². The van der Waals surface area contributed by atoms with Crippen LogP contribution in [0.2, 0.25) is 0 Å². The van der Waals surface area contributed by atoms with Gasteiger partial charge in [0.15, 0.2) is 0 Å². The summed E-state index contributed by atoms with van der Waals surface area (Å²) in [5.74, 6) is 0. The molecule has 0 aliphatic rings. The van der Waals surface area contributed by atoms with Crippen LogP contribution in [0.25, 0.3) is 10.9 Å². The molecule has 0 radical (unpaired) electrons. The van der Waals surface area contributed by atoms with Gasteiger partial charge < -0.3 is 9.67 Å². The van der Waals surface area contributed by atoms with Gasteiger partial charge in [-0.3, -0.25) is 4.98 Å². The number of fused-ring (bicyclic) bond motifs is 1. The van der Waals surface area contributed by atoms with Gasteiger partial charge in [-0.05, 0) is 28.7 Å². The van der Waals surface area contributed by atoms with Crippen LogP contribution in [0.15, 0.2) is 24.7 Å². The number of halogens is 1. The lowest BCUT2D eigenvalue weighted by Crippen LogP contribution is -1.99. The third-order valence-electron chi connectivity index (χ3n) is 1.98. The Morgan fingerprint density at radius 3 is 3.15 bits per heavy atom. The molecule has 0 aliphatic carbocycles. The smallest absolute Gasteiger partial charge is 0.0678 e. The highest BCUT2D eigenvalue weighted by atomic mass is 127. The monoisotopic (exact) mass is 288 g/mol. The van der Waals surface area contributed by atoms with Crippen molar-refractivity contribution in [3.05, 3.63) is 28.2 Å². The molecule has 1 N–H and O–H groups in total. The summed E-state index contributed by atoms with van der Waals surface area (Å²) in [6.45, 7) is 0.792. The standard InChI is InChI=1S/C9H9IN2O/c10-8-6-12(3-4-13)9-5-11-2-1-7(8)9/h1-2,5-6,13H,3-4H2. The number of aliphatic hydroxyl groups excluding tert-OH is 1. The average molecular weight is 288 g/mol. The van der Waals surface area contributed by atoms with Crippen molar-refractivity contribution in [3.8, 4) is 0 Å². The molecular weight excluding hydrogens is 279 g/mol. The van der Waals surface area contributed by atoms with Crippen molar-refractivity contribution in [2.45, 2.75) is 6.54 Å². The van der Waals surface area contributed by atoms with E-state index in [1.165, 1.54) is 8.96 Å². The fourth-order valence-electron chi connectivity index (χ4n) is 1.39. The molecule has 0 aliphatic heterocycles. The summed E-state index contributed by atoms with van der Waals surface area (Å²) in [5, 5.41) is 10.0. The van der Waals surface area contributed by atoms with E-state index < -0.39 is 0 Å². The molecule has 0 bridgehead atoms. The lowest BCUT2D eigenvalue weighted by molar-refractivity contribution is 0.278. The molecule has 0 fully saturated rings. The van der Waals surface area contributed by atoms with Crippen LogP contribution in [-0.2, 0) is 6.54 Å². The fourth-order valence-corrected chi connectivity index (χ4v) is 2.18. The lowest BCUT2D eigenvalue weighted by atomic mass is 10.3. The Bertz CT molecular complexity index is 424. The second-order valence-electron chi connectivity index (χ2n) is 2.79. The Kier molecular flexibility index (Phi) is 2.50. The van der Waals surface area contributed by atoms with Crippen LogP contribution >= 0.6 is 22.6 Å². The van der Waals surface area contributed by atoms with Crippen molar-refractivity contribution < 1.29 is 5.11 Å². The third kappa shape index (κ3) is 1.55. The minimum Gasteiger partial charge on any atom is -0.395 e. The topological polar surface area (TPSA) is 38.0 Å². The van der Waals surface area contributed by atoms with Crippen molar-refractivity contribution in [1.82, 2.24) is 9.55 Å². The van der Waals surface area contributed by atoms with E-state index in [0.29, 0.717) is 6.54 Å². The molecule has 3 nitrogen and oxygen atoms in total. The quantitative estimate of drug-likeness (QED) is 0.853. The van der Waals surface area contributed by atoms with Crippen molar-refractivity contribution in [1.29, 1.82) is 0 Å². The Balaban J connectivity index is 2.63. The highest BCUT2D eigenvalue weighted by Gasteiger charge is 2.04. The summed E-state index contributed by atoms with van der Waals surface area (Å²) in [4.78, 5) is 4.06. The second kappa shape index (κ2) is 3.63. The zero-order valence-electron chi connectivity index (χ0n) is 6.94. The summed E-state index contributed by atoms with van der Waals surface area (Å²) in [7, 11) is 0. The fraction of sp³-hybridized carbons (Fsp3) is 0.222. The molecule has 2 aromatic heterocycles.